The summed E-state index contributed by atoms with van der Waals surface area (Å²) in [6.07, 6.45) is 0. The third kappa shape index (κ3) is 3.72. The lowest BCUT2D eigenvalue weighted by Crippen LogP contribution is -2.44. The monoisotopic (exact) mass is 254 g/mol. The van der Waals surface area contributed by atoms with Crippen molar-refractivity contribution < 1.29 is 4.79 Å². The Morgan fingerprint density at radius 2 is 1.88 bits per heavy atom. The first kappa shape index (κ1) is 14.0. The Morgan fingerprint density at radius 3 is 2.41 bits per heavy atom. The molecule has 0 heterocycles. The first-order valence-corrected chi connectivity index (χ1v) is 6.11. The zero-order valence-electron chi connectivity index (χ0n) is 10.4. The number of halogens is 1. The average Bonchev–Trinajstić information content (AvgIpc) is 2.28. The molecule has 0 aliphatic heterocycles. The van der Waals surface area contributed by atoms with E-state index in [-0.39, 0.29) is 17.9 Å². The highest BCUT2D eigenvalue weighted by Crippen LogP contribution is 2.22. The minimum absolute atomic E-state index is 0.119. The smallest absolute Gasteiger partial charge is 0.237 e. The number of hydrogen-bond donors (Lipinski definition) is 2. The molecule has 0 aliphatic rings. The van der Waals surface area contributed by atoms with Crippen LogP contribution in [-0.2, 0) is 4.79 Å². The van der Waals surface area contributed by atoms with Crippen LogP contribution in [0.5, 0.6) is 0 Å². The van der Waals surface area contributed by atoms with Gasteiger partial charge in [-0.1, -0.05) is 43.6 Å². The van der Waals surface area contributed by atoms with E-state index in [1.165, 1.54) is 0 Å². The SMILES string of the molecule is CC(NC(=O)C(N)C(C)C)c1ccccc1Cl. The van der Waals surface area contributed by atoms with Gasteiger partial charge in [-0.05, 0) is 24.5 Å². The van der Waals surface area contributed by atoms with Crippen molar-refractivity contribution in [1.29, 1.82) is 0 Å². The fraction of sp³-hybridized carbons (Fsp3) is 0.462. The van der Waals surface area contributed by atoms with Crippen molar-refractivity contribution >= 4 is 17.5 Å². The number of rotatable bonds is 4. The molecule has 0 radical (unpaired) electrons. The Hall–Kier alpha value is -1.06. The molecule has 0 bridgehead atoms. The number of carbonyl (C=O) groups excluding carboxylic acids is 1. The molecule has 1 amide bonds. The normalized spacial score (nSPS) is 14.5. The molecule has 0 fully saturated rings. The van der Waals surface area contributed by atoms with Crippen LogP contribution in [0.25, 0.3) is 0 Å². The van der Waals surface area contributed by atoms with Gasteiger partial charge < -0.3 is 11.1 Å². The maximum Gasteiger partial charge on any atom is 0.237 e. The summed E-state index contributed by atoms with van der Waals surface area (Å²) < 4.78 is 0. The molecule has 1 aromatic rings. The van der Waals surface area contributed by atoms with Crippen LogP contribution in [0.4, 0.5) is 0 Å². The van der Waals surface area contributed by atoms with Gasteiger partial charge in [0, 0.05) is 5.02 Å². The lowest BCUT2D eigenvalue weighted by molar-refractivity contribution is -0.123. The van der Waals surface area contributed by atoms with Gasteiger partial charge in [0.2, 0.25) is 5.91 Å². The highest BCUT2D eigenvalue weighted by Gasteiger charge is 2.20. The van der Waals surface area contributed by atoms with Crippen LogP contribution in [0, 0.1) is 5.92 Å². The Kier molecular flexibility index (Phi) is 4.97. The number of nitrogens with two attached hydrogens (primary N) is 1. The van der Waals surface area contributed by atoms with Gasteiger partial charge in [-0.15, -0.1) is 0 Å². The van der Waals surface area contributed by atoms with Crippen LogP contribution < -0.4 is 11.1 Å². The number of hydrogen-bond acceptors (Lipinski definition) is 2. The van der Waals surface area contributed by atoms with Crippen LogP contribution in [0.15, 0.2) is 24.3 Å². The molecule has 3 N–H and O–H groups in total. The van der Waals surface area contributed by atoms with Gasteiger partial charge in [0.05, 0.1) is 12.1 Å². The van der Waals surface area contributed by atoms with Crippen molar-refractivity contribution in [3.63, 3.8) is 0 Å². The van der Waals surface area contributed by atoms with Crippen LogP contribution in [0.3, 0.4) is 0 Å². The summed E-state index contributed by atoms with van der Waals surface area (Å²) in [5.74, 6) is -0.0270. The molecule has 0 saturated heterocycles. The van der Waals surface area contributed by atoms with E-state index in [9.17, 15) is 4.79 Å². The summed E-state index contributed by atoms with van der Waals surface area (Å²) in [6, 6.07) is 6.84. The molecule has 1 rings (SSSR count). The first-order chi connectivity index (χ1) is 7.93. The maximum absolute atomic E-state index is 11.8. The van der Waals surface area contributed by atoms with Gasteiger partial charge in [-0.2, -0.15) is 0 Å². The van der Waals surface area contributed by atoms with Gasteiger partial charge in [-0.25, -0.2) is 0 Å². The standard InChI is InChI=1S/C13H19ClN2O/c1-8(2)12(15)13(17)16-9(3)10-6-4-5-7-11(10)14/h4-9,12H,15H2,1-3H3,(H,16,17). The molecule has 94 valence electrons. The molecular weight excluding hydrogens is 236 g/mol. The molecule has 4 heteroatoms. The molecule has 2 unspecified atom stereocenters. The van der Waals surface area contributed by atoms with E-state index in [0.29, 0.717) is 5.02 Å². The van der Waals surface area contributed by atoms with Crippen molar-refractivity contribution in [3.05, 3.63) is 34.9 Å². The Balaban J connectivity index is 2.70. The molecule has 2 atom stereocenters. The van der Waals surface area contributed by atoms with E-state index < -0.39 is 6.04 Å². The summed E-state index contributed by atoms with van der Waals surface area (Å²) in [7, 11) is 0. The lowest BCUT2D eigenvalue weighted by atomic mass is 10.0. The molecule has 0 aliphatic carbocycles. The molecule has 0 aromatic heterocycles. The van der Waals surface area contributed by atoms with Crippen molar-refractivity contribution in [1.82, 2.24) is 5.32 Å². The topological polar surface area (TPSA) is 55.1 Å². The van der Waals surface area contributed by atoms with Gasteiger partial charge in [0.1, 0.15) is 0 Å². The summed E-state index contributed by atoms with van der Waals surface area (Å²) in [5.41, 5.74) is 6.68. The molecule has 0 spiro atoms. The number of amides is 1. The summed E-state index contributed by atoms with van der Waals surface area (Å²) in [6.45, 7) is 5.74. The average molecular weight is 255 g/mol. The number of nitrogens with one attached hydrogen (secondary N) is 1. The molecule has 3 nitrogen and oxygen atoms in total. The molecule has 0 saturated carbocycles. The minimum Gasteiger partial charge on any atom is -0.348 e. The summed E-state index contributed by atoms with van der Waals surface area (Å²) >= 11 is 6.06. The largest absolute Gasteiger partial charge is 0.348 e. The van der Waals surface area contributed by atoms with Crippen molar-refractivity contribution in [2.45, 2.75) is 32.9 Å². The number of benzene rings is 1. The fourth-order valence-corrected chi connectivity index (χ4v) is 1.82. The highest BCUT2D eigenvalue weighted by atomic mass is 35.5. The first-order valence-electron chi connectivity index (χ1n) is 5.74. The molecular formula is C13H19ClN2O. The third-order valence-corrected chi connectivity index (χ3v) is 3.10. The van der Waals surface area contributed by atoms with Crippen molar-refractivity contribution in [2.24, 2.45) is 11.7 Å². The fourth-order valence-electron chi connectivity index (χ4n) is 1.52. The van der Waals surface area contributed by atoms with Gasteiger partial charge >= 0.3 is 0 Å². The second kappa shape index (κ2) is 6.03. The second-order valence-electron chi connectivity index (χ2n) is 4.52. The van der Waals surface area contributed by atoms with Gasteiger partial charge in [-0.3, -0.25) is 4.79 Å². The summed E-state index contributed by atoms with van der Waals surface area (Å²) in [4.78, 5) is 11.8. The maximum atomic E-state index is 11.8. The molecule has 17 heavy (non-hydrogen) atoms. The van der Waals surface area contributed by atoms with Gasteiger partial charge in [0.15, 0.2) is 0 Å². The summed E-state index contributed by atoms with van der Waals surface area (Å²) in [5, 5.41) is 3.52. The lowest BCUT2D eigenvalue weighted by Gasteiger charge is -2.20. The predicted octanol–water partition coefficient (Wildman–Crippen LogP) is 2.50. The van der Waals surface area contributed by atoms with Crippen LogP contribution in [-0.4, -0.2) is 11.9 Å². The Labute approximate surface area is 107 Å². The Bertz CT molecular complexity index is 393. The van der Waals surface area contributed by atoms with Crippen LogP contribution >= 0.6 is 11.6 Å². The molecule has 1 aromatic carbocycles. The Morgan fingerprint density at radius 1 is 1.29 bits per heavy atom. The van der Waals surface area contributed by atoms with Crippen LogP contribution in [0.1, 0.15) is 32.4 Å². The van der Waals surface area contributed by atoms with E-state index in [2.05, 4.69) is 5.32 Å². The van der Waals surface area contributed by atoms with E-state index in [1.807, 2.05) is 45.0 Å². The van der Waals surface area contributed by atoms with Crippen LogP contribution in [0.2, 0.25) is 5.02 Å². The van der Waals surface area contributed by atoms with Crippen molar-refractivity contribution in [2.75, 3.05) is 0 Å². The van der Waals surface area contributed by atoms with E-state index >= 15 is 0 Å². The van der Waals surface area contributed by atoms with E-state index in [1.54, 1.807) is 0 Å². The van der Waals surface area contributed by atoms with Crippen molar-refractivity contribution in [3.8, 4) is 0 Å². The minimum atomic E-state index is -0.486. The van der Waals surface area contributed by atoms with E-state index in [4.69, 9.17) is 17.3 Å². The number of carbonyl (C=O) groups is 1. The predicted molar refractivity (Wildman–Crippen MR) is 70.8 cm³/mol. The van der Waals surface area contributed by atoms with Gasteiger partial charge in [0.25, 0.3) is 0 Å². The second-order valence-corrected chi connectivity index (χ2v) is 4.93. The van der Waals surface area contributed by atoms with E-state index in [0.717, 1.165) is 5.56 Å². The zero-order valence-corrected chi connectivity index (χ0v) is 11.2. The highest BCUT2D eigenvalue weighted by molar-refractivity contribution is 6.31. The quantitative estimate of drug-likeness (QED) is 0.868. The third-order valence-electron chi connectivity index (χ3n) is 2.75. The zero-order chi connectivity index (χ0) is 13.0.